The van der Waals surface area contributed by atoms with Gasteiger partial charge in [-0.15, -0.1) is 0 Å². The van der Waals surface area contributed by atoms with E-state index in [1.165, 1.54) is 11.5 Å². The van der Waals surface area contributed by atoms with Crippen molar-refractivity contribution in [2.24, 2.45) is 11.7 Å². The average Bonchev–Trinajstić information content (AvgIpc) is 2.18. The maximum atomic E-state index is 11.4. The molecule has 0 bridgehead atoms. The van der Waals surface area contributed by atoms with Crippen molar-refractivity contribution in [1.29, 1.82) is 0 Å². The van der Waals surface area contributed by atoms with Crippen LogP contribution in [0.2, 0.25) is 0 Å². The predicted molar refractivity (Wildman–Crippen MR) is 56.7 cm³/mol. The Morgan fingerprint density at radius 1 is 1.62 bits per heavy atom. The number of hydrogen-bond donors (Lipinski definition) is 2. The van der Waals surface area contributed by atoms with Gasteiger partial charge in [0.1, 0.15) is 0 Å². The van der Waals surface area contributed by atoms with E-state index < -0.39 is 0 Å². The van der Waals surface area contributed by atoms with Crippen LogP contribution in [-0.4, -0.2) is 30.0 Å². The molecular weight excluding hydrogens is 184 g/mol. The first-order chi connectivity index (χ1) is 6.24. The van der Waals surface area contributed by atoms with E-state index in [0.717, 1.165) is 12.8 Å². The molecule has 1 rings (SSSR count). The summed E-state index contributed by atoms with van der Waals surface area (Å²) in [5, 5.41) is 3.04. The zero-order valence-corrected chi connectivity index (χ0v) is 8.90. The molecule has 0 spiro atoms. The summed E-state index contributed by atoms with van der Waals surface area (Å²) in [5.74, 6) is 2.40. The van der Waals surface area contributed by atoms with E-state index in [2.05, 4.69) is 5.32 Å². The largest absolute Gasteiger partial charge is 0.353 e. The van der Waals surface area contributed by atoms with Gasteiger partial charge in [0.2, 0.25) is 5.91 Å². The highest BCUT2D eigenvalue weighted by atomic mass is 32.2. The number of thioether (sulfide) groups is 1. The van der Waals surface area contributed by atoms with Gasteiger partial charge in [0.05, 0.1) is 0 Å². The van der Waals surface area contributed by atoms with Gasteiger partial charge in [-0.05, 0) is 24.3 Å². The SMILES string of the molecule is CC(CN)C(=O)NC1CCSCC1. The lowest BCUT2D eigenvalue weighted by atomic mass is 10.1. The van der Waals surface area contributed by atoms with Gasteiger partial charge in [-0.25, -0.2) is 0 Å². The second kappa shape index (κ2) is 5.50. The molecule has 3 nitrogen and oxygen atoms in total. The number of amides is 1. The van der Waals surface area contributed by atoms with Gasteiger partial charge in [0, 0.05) is 18.5 Å². The third-order valence-electron chi connectivity index (χ3n) is 2.37. The Morgan fingerprint density at radius 3 is 2.77 bits per heavy atom. The van der Waals surface area contributed by atoms with Crippen LogP contribution in [0, 0.1) is 5.92 Å². The Kier molecular flexibility index (Phi) is 4.59. The monoisotopic (exact) mass is 202 g/mol. The van der Waals surface area contributed by atoms with E-state index in [1.54, 1.807) is 0 Å². The van der Waals surface area contributed by atoms with Crippen LogP contribution in [-0.2, 0) is 4.79 Å². The highest BCUT2D eigenvalue weighted by Crippen LogP contribution is 2.17. The van der Waals surface area contributed by atoms with Crippen LogP contribution in [0.25, 0.3) is 0 Å². The summed E-state index contributed by atoms with van der Waals surface area (Å²) in [5.41, 5.74) is 5.41. The Hall–Kier alpha value is -0.220. The highest BCUT2D eigenvalue weighted by molar-refractivity contribution is 7.99. The number of hydrogen-bond acceptors (Lipinski definition) is 3. The molecule has 1 saturated heterocycles. The van der Waals surface area contributed by atoms with Crippen LogP contribution >= 0.6 is 11.8 Å². The number of rotatable bonds is 3. The molecule has 0 aromatic carbocycles. The summed E-state index contributed by atoms with van der Waals surface area (Å²) < 4.78 is 0. The van der Waals surface area contributed by atoms with Crippen molar-refractivity contribution in [3.05, 3.63) is 0 Å². The molecule has 0 aliphatic carbocycles. The first-order valence-electron chi connectivity index (χ1n) is 4.82. The molecule has 1 fully saturated rings. The van der Waals surface area contributed by atoms with Crippen LogP contribution in [0.3, 0.4) is 0 Å². The predicted octanol–water partition coefficient (Wildman–Crippen LogP) is 0.593. The molecule has 0 aromatic heterocycles. The van der Waals surface area contributed by atoms with Crippen molar-refractivity contribution in [1.82, 2.24) is 5.32 Å². The first-order valence-corrected chi connectivity index (χ1v) is 5.97. The van der Waals surface area contributed by atoms with Crippen molar-refractivity contribution in [2.45, 2.75) is 25.8 Å². The Labute approximate surface area is 83.8 Å². The smallest absolute Gasteiger partial charge is 0.224 e. The van der Waals surface area contributed by atoms with E-state index in [0.29, 0.717) is 12.6 Å². The van der Waals surface area contributed by atoms with Crippen LogP contribution < -0.4 is 11.1 Å². The van der Waals surface area contributed by atoms with E-state index in [9.17, 15) is 4.79 Å². The standard InChI is InChI=1S/C9H18N2OS/c1-7(6-10)9(12)11-8-2-4-13-5-3-8/h7-8H,2-6,10H2,1H3,(H,11,12). The van der Waals surface area contributed by atoms with Gasteiger partial charge in [-0.2, -0.15) is 11.8 Å². The van der Waals surface area contributed by atoms with E-state index >= 15 is 0 Å². The number of nitrogens with one attached hydrogen (secondary N) is 1. The molecule has 0 saturated carbocycles. The molecule has 1 amide bonds. The molecule has 1 atom stereocenters. The molecule has 13 heavy (non-hydrogen) atoms. The maximum Gasteiger partial charge on any atom is 0.224 e. The summed E-state index contributed by atoms with van der Waals surface area (Å²) in [6.07, 6.45) is 2.21. The van der Waals surface area contributed by atoms with E-state index in [1.807, 2.05) is 18.7 Å². The zero-order chi connectivity index (χ0) is 9.68. The summed E-state index contributed by atoms with van der Waals surface area (Å²) in [6, 6.07) is 0.391. The molecule has 1 unspecified atom stereocenters. The van der Waals surface area contributed by atoms with Crippen molar-refractivity contribution in [2.75, 3.05) is 18.1 Å². The topological polar surface area (TPSA) is 55.1 Å². The van der Waals surface area contributed by atoms with Crippen molar-refractivity contribution >= 4 is 17.7 Å². The lowest BCUT2D eigenvalue weighted by Crippen LogP contribution is -2.41. The lowest BCUT2D eigenvalue weighted by Gasteiger charge is -2.23. The Balaban J connectivity index is 2.26. The van der Waals surface area contributed by atoms with Crippen molar-refractivity contribution < 1.29 is 4.79 Å². The minimum absolute atomic E-state index is 0.0467. The number of carbonyl (C=O) groups is 1. The van der Waals surface area contributed by atoms with Gasteiger partial charge in [0.25, 0.3) is 0 Å². The Morgan fingerprint density at radius 2 is 2.23 bits per heavy atom. The van der Waals surface area contributed by atoms with Crippen LogP contribution in [0.5, 0.6) is 0 Å². The third-order valence-corrected chi connectivity index (χ3v) is 3.42. The van der Waals surface area contributed by atoms with Crippen molar-refractivity contribution in [3.63, 3.8) is 0 Å². The fourth-order valence-electron chi connectivity index (χ4n) is 1.29. The summed E-state index contributed by atoms with van der Waals surface area (Å²) in [6.45, 7) is 2.31. The van der Waals surface area contributed by atoms with E-state index in [-0.39, 0.29) is 11.8 Å². The molecule has 0 aromatic rings. The summed E-state index contributed by atoms with van der Waals surface area (Å²) >= 11 is 1.96. The molecule has 1 aliphatic rings. The molecule has 0 radical (unpaired) electrons. The Bertz CT molecular complexity index is 169. The number of nitrogens with two attached hydrogens (primary N) is 1. The fourth-order valence-corrected chi connectivity index (χ4v) is 2.40. The number of carbonyl (C=O) groups excluding carboxylic acids is 1. The van der Waals surface area contributed by atoms with Crippen LogP contribution in [0.4, 0.5) is 0 Å². The molecular formula is C9H18N2OS. The summed E-state index contributed by atoms with van der Waals surface area (Å²) in [4.78, 5) is 11.4. The van der Waals surface area contributed by atoms with Crippen LogP contribution in [0.1, 0.15) is 19.8 Å². The average molecular weight is 202 g/mol. The lowest BCUT2D eigenvalue weighted by molar-refractivity contribution is -0.124. The molecule has 1 aliphatic heterocycles. The summed E-state index contributed by atoms with van der Waals surface area (Å²) in [7, 11) is 0. The first kappa shape index (κ1) is 10.9. The van der Waals surface area contributed by atoms with Gasteiger partial charge < -0.3 is 11.1 Å². The minimum atomic E-state index is -0.0467. The van der Waals surface area contributed by atoms with Gasteiger partial charge >= 0.3 is 0 Å². The second-order valence-electron chi connectivity index (χ2n) is 3.53. The third kappa shape index (κ3) is 3.56. The molecule has 76 valence electrons. The van der Waals surface area contributed by atoms with Crippen molar-refractivity contribution in [3.8, 4) is 0 Å². The minimum Gasteiger partial charge on any atom is -0.353 e. The quantitative estimate of drug-likeness (QED) is 0.704. The zero-order valence-electron chi connectivity index (χ0n) is 8.08. The normalized spacial score (nSPS) is 21.1. The molecule has 1 heterocycles. The molecule has 3 N–H and O–H groups in total. The second-order valence-corrected chi connectivity index (χ2v) is 4.76. The maximum absolute atomic E-state index is 11.4. The highest BCUT2D eigenvalue weighted by Gasteiger charge is 2.18. The van der Waals surface area contributed by atoms with Gasteiger partial charge in [-0.1, -0.05) is 6.92 Å². The van der Waals surface area contributed by atoms with E-state index in [4.69, 9.17) is 5.73 Å². The molecule has 4 heteroatoms. The fraction of sp³-hybridized carbons (Fsp3) is 0.889. The van der Waals surface area contributed by atoms with Gasteiger partial charge in [-0.3, -0.25) is 4.79 Å². The van der Waals surface area contributed by atoms with Gasteiger partial charge in [0.15, 0.2) is 0 Å². The van der Waals surface area contributed by atoms with Crippen LogP contribution in [0.15, 0.2) is 0 Å².